The van der Waals surface area contributed by atoms with Crippen molar-refractivity contribution in [2.75, 3.05) is 6.26 Å². The van der Waals surface area contributed by atoms with Crippen LogP contribution in [0.15, 0.2) is 60.8 Å². The minimum absolute atomic E-state index is 0.215. The largest absolute Gasteiger partial charge is 0.245 e. The van der Waals surface area contributed by atoms with E-state index in [0.29, 0.717) is 5.52 Å². The summed E-state index contributed by atoms with van der Waals surface area (Å²) in [6.45, 7) is 4.06. The van der Waals surface area contributed by atoms with Crippen molar-refractivity contribution in [3.8, 4) is 0 Å². The first-order valence-electron chi connectivity index (χ1n) is 7.16. The highest BCUT2D eigenvalue weighted by atomic mass is 32.2. The van der Waals surface area contributed by atoms with Crippen molar-refractivity contribution in [1.82, 2.24) is 3.97 Å². The Morgan fingerprint density at radius 1 is 1.05 bits per heavy atom. The second kappa shape index (κ2) is 5.61. The molecule has 113 valence electrons. The SMILES string of the molecule is [CH2]CC(c1ccccc1)c1ccc2c(ccn2S(C)(=O)=O)c1. The van der Waals surface area contributed by atoms with Crippen LogP contribution >= 0.6 is 0 Å². The zero-order valence-corrected chi connectivity index (χ0v) is 13.3. The number of fused-ring (bicyclic) bond motifs is 1. The average molecular weight is 312 g/mol. The van der Waals surface area contributed by atoms with Crippen molar-refractivity contribution in [1.29, 1.82) is 0 Å². The first-order valence-corrected chi connectivity index (χ1v) is 9.01. The number of hydrogen-bond donors (Lipinski definition) is 0. The Morgan fingerprint density at radius 3 is 2.41 bits per heavy atom. The minimum Gasteiger partial charge on any atom is -0.245 e. The molecule has 4 heteroatoms. The van der Waals surface area contributed by atoms with E-state index in [1.807, 2.05) is 36.4 Å². The molecule has 0 saturated carbocycles. The van der Waals surface area contributed by atoms with Gasteiger partial charge < -0.3 is 0 Å². The molecule has 0 N–H and O–H groups in total. The van der Waals surface area contributed by atoms with Gasteiger partial charge in [-0.1, -0.05) is 43.3 Å². The smallest absolute Gasteiger partial charge is 0.236 e. The van der Waals surface area contributed by atoms with Gasteiger partial charge in [0.1, 0.15) is 0 Å². The third-order valence-electron chi connectivity index (χ3n) is 3.93. The number of benzene rings is 2. The molecule has 0 aliphatic heterocycles. The Hall–Kier alpha value is -2.07. The molecule has 1 atom stereocenters. The Balaban J connectivity index is 2.09. The van der Waals surface area contributed by atoms with Crippen molar-refractivity contribution in [3.63, 3.8) is 0 Å². The first kappa shape index (κ1) is 14.9. The second-order valence-corrected chi connectivity index (χ2v) is 7.30. The van der Waals surface area contributed by atoms with Gasteiger partial charge in [-0.25, -0.2) is 12.4 Å². The van der Waals surface area contributed by atoms with E-state index in [2.05, 4.69) is 25.1 Å². The monoisotopic (exact) mass is 312 g/mol. The predicted octanol–water partition coefficient (Wildman–Crippen LogP) is 3.81. The molecule has 22 heavy (non-hydrogen) atoms. The van der Waals surface area contributed by atoms with E-state index in [4.69, 9.17) is 0 Å². The van der Waals surface area contributed by atoms with Gasteiger partial charge in [-0.15, -0.1) is 0 Å². The molecule has 0 bridgehead atoms. The molecule has 3 rings (SSSR count). The van der Waals surface area contributed by atoms with Gasteiger partial charge in [0.2, 0.25) is 10.0 Å². The lowest BCUT2D eigenvalue weighted by Crippen LogP contribution is -2.08. The van der Waals surface area contributed by atoms with E-state index in [1.54, 1.807) is 6.20 Å². The van der Waals surface area contributed by atoms with E-state index in [-0.39, 0.29) is 5.92 Å². The van der Waals surface area contributed by atoms with Crippen molar-refractivity contribution >= 4 is 20.9 Å². The van der Waals surface area contributed by atoms with Crippen LogP contribution in [0.2, 0.25) is 0 Å². The van der Waals surface area contributed by atoms with Crippen LogP contribution in [0.3, 0.4) is 0 Å². The van der Waals surface area contributed by atoms with Gasteiger partial charge in [-0.2, -0.15) is 0 Å². The van der Waals surface area contributed by atoms with Crippen LogP contribution in [0, 0.1) is 6.92 Å². The summed E-state index contributed by atoms with van der Waals surface area (Å²) >= 11 is 0. The maximum absolute atomic E-state index is 11.8. The van der Waals surface area contributed by atoms with Crippen LogP contribution in [0.4, 0.5) is 0 Å². The summed E-state index contributed by atoms with van der Waals surface area (Å²) < 4.78 is 24.8. The summed E-state index contributed by atoms with van der Waals surface area (Å²) in [5.41, 5.74) is 3.08. The lowest BCUT2D eigenvalue weighted by Gasteiger charge is -2.16. The summed E-state index contributed by atoms with van der Waals surface area (Å²) in [5.74, 6) is 0.215. The van der Waals surface area contributed by atoms with Crippen LogP contribution < -0.4 is 0 Å². The predicted molar refractivity (Wildman–Crippen MR) is 90.4 cm³/mol. The number of nitrogens with zero attached hydrogens (tertiary/aromatic N) is 1. The summed E-state index contributed by atoms with van der Waals surface area (Å²) in [4.78, 5) is 0. The molecule has 0 amide bonds. The highest BCUT2D eigenvalue weighted by molar-refractivity contribution is 7.89. The maximum Gasteiger partial charge on any atom is 0.236 e. The average Bonchev–Trinajstić information content (AvgIpc) is 2.92. The number of hydrogen-bond acceptors (Lipinski definition) is 2. The Labute approximate surface area is 131 Å². The van der Waals surface area contributed by atoms with Crippen LogP contribution in [0.25, 0.3) is 10.9 Å². The van der Waals surface area contributed by atoms with Gasteiger partial charge in [0.05, 0.1) is 11.8 Å². The topological polar surface area (TPSA) is 39.1 Å². The summed E-state index contributed by atoms with van der Waals surface area (Å²) in [5, 5.41) is 0.928. The highest BCUT2D eigenvalue weighted by Crippen LogP contribution is 2.30. The molecule has 0 aliphatic carbocycles. The summed E-state index contributed by atoms with van der Waals surface area (Å²) in [6.07, 6.45) is 3.57. The Morgan fingerprint density at radius 2 is 1.77 bits per heavy atom. The quantitative estimate of drug-likeness (QED) is 0.735. The molecule has 3 nitrogen and oxygen atoms in total. The van der Waals surface area contributed by atoms with E-state index < -0.39 is 10.0 Å². The molecule has 1 unspecified atom stereocenters. The van der Waals surface area contributed by atoms with Crippen LogP contribution in [0.1, 0.15) is 23.5 Å². The highest BCUT2D eigenvalue weighted by Gasteiger charge is 2.15. The lowest BCUT2D eigenvalue weighted by molar-refractivity contribution is 0.595. The van der Waals surface area contributed by atoms with Crippen molar-refractivity contribution in [3.05, 3.63) is 78.8 Å². The third kappa shape index (κ3) is 2.66. The summed E-state index contributed by atoms with van der Waals surface area (Å²) in [6, 6.07) is 18.0. The van der Waals surface area contributed by atoms with Crippen molar-refractivity contribution < 1.29 is 8.42 Å². The van der Waals surface area contributed by atoms with Crippen LogP contribution in [-0.4, -0.2) is 18.6 Å². The second-order valence-electron chi connectivity index (χ2n) is 5.44. The van der Waals surface area contributed by atoms with Gasteiger partial charge in [-0.3, -0.25) is 0 Å². The fraction of sp³-hybridized carbons (Fsp3) is 0.167. The standard InChI is InChI=1S/C18H18NO2S/c1-3-17(14-7-5-4-6-8-14)15-9-10-18-16(13-15)11-12-19(18)22(2,20)21/h4-13,17H,1,3H2,2H3. The third-order valence-corrected chi connectivity index (χ3v) is 4.96. The van der Waals surface area contributed by atoms with E-state index in [1.165, 1.54) is 15.8 Å². The molecular weight excluding hydrogens is 294 g/mol. The number of aromatic nitrogens is 1. The van der Waals surface area contributed by atoms with E-state index in [9.17, 15) is 8.42 Å². The van der Waals surface area contributed by atoms with Gasteiger partial charge in [0, 0.05) is 17.5 Å². The zero-order valence-electron chi connectivity index (χ0n) is 12.4. The van der Waals surface area contributed by atoms with E-state index >= 15 is 0 Å². The molecule has 0 saturated heterocycles. The molecule has 0 fully saturated rings. The van der Waals surface area contributed by atoms with Crippen molar-refractivity contribution in [2.45, 2.75) is 12.3 Å². The van der Waals surface area contributed by atoms with E-state index in [0.717, 1.165) is 17.4 Å². The molecule has 1 aromatic heterocycles. The number of rotatable bonds is 4. The Bertz CT molecular complexity index is 895. The maximum atomic E-state index is 11.8. The minimum atomic E-state index is -3.27. The van der Waals surface area contributed by atoms with Crippen molar-refractivity contribution in [2.24, 2.45) is 0 Å². The fourth-order valence-corrected chi connectivity index (χ4v) is 3.66. The molecule has 1 heterocycles. The Kier molecular flexibility index (Phi) is 3.79. The van der Waals surface area contributed by atoms with Gasteiger partial charge in [0.15, 0.2) is 0 Å². The molecule has 0 aliphatic rings. The lowest BCUT2D eigenvalue weighted by atomic mass is 9.89. The van der Waals surface area contributed by atoms with Gasteiger partial charge >= 0.3 is 0 Å². The zero-order chi connectivity index (χ0) is 15.7. The molecular formula is C18H18NO2S. The molecule has 0 spiro atoms. The molecule has 2 aromatic carbocycles. The van der Waals surface area contributed by atoms with Crippen LogP contribution in [0.5, 0.6) is 0 Å². The molecule has 1 radical (unpaired) electrons. The normalized spacial score (nSPS) is 13.4. The van der Waals surface area contributed by atoms with Gasteiger partial charge in [-0.05, 0) is 35.7 Å². The first-order chi connectivity index (χ1) is 10.5. The molecule has 3 aromatic rings. The fourth-order valence-electron chi connectivity index (χ4n) is 2.85. The van der Waals surface area contributed by atoms with Gasteiger partial charge in [0.25, 0.3) is 0 Å². The summed E-state index contributed by atoms with van der Waals surface area (Å²) in [7, 11) is -3.27. The van der Waals surface area contributed by atoms with Crippen LogP contribution in [-0.2, 0) is 10.0 Å².